The van der Waals surface area contributed by atoms with Gasteiger partial charge in [-0.15, -0.1) is 0 Å². The Kier molecular flexibility index (Phi) is 9.24. The van der Waals surface area contributed by atoms with Gasteiger partial charge in [0.25, 0.3) is 5.56 Å². The van der Waals surface area contributed by atoms with Gasteiger partial charge >= 0.3 is 5.97 Å². The average Bonchev–Trinajstić information content (AvgIpc) is 3.30. The minimum atomic E-state index is -1.04. The summed E-state index contributed by atoms with van der Waals surface area (Å²) in [4.78, 5) is 41.2. The van der Waals surface area contributed by atoms with Crippen molar-refractivity contribution in [3.05, 3.63) is 64.2 Å². The molecule has 0 saturated carbocycles. The number of carboxylic acid groups (broad SMARTS) is 1. The summed E-state index contributed by atoms with van der Waals surface area (Å²) in [5, 5.41) is 17.4. The Labute approximate surface area is 244 Å². The Hall–Kier alpha value is -4.74. The van der Waals surface area contributed by atoms with E-state index in [9.17, 15) is 14.7 Å². The highest BCUT2D eigenvalue weighted by Crippen LogP contribution is 2.33. The molecule has 4 rings (SSSR count). The second-order valence-corrected chi connectivity index (χ2v) is 10.2. The summed E-state index contributed by atoms with van der Waals surface area (Å²) >= 11 is 0. The van der Waals surface area contributed by atoms with Crippen LogP contribution in [0.15, 0.2) is 46.1 Å². The molecule has 0 spiro atoms. The van der Waals surface area contributed by atoms with Crippen LogP contribution in [0.2, 0.25) is 0 Å². The number of aromatic nitrogens is 5. The molecular formula is C30H37N7O5. The fourth-order valence-corrected chi connectivity index (χ4v) is 4.82. The predicted molar refractivity (Wildman–Crippen MR) is 160 cm³/mol. The average molecular weight is 576 g/mol. The number of anilines is 2. The molecule has 0 amide bonds. The summed E-state index contributed by atoms with van der Waals surface area (Å²) < 4.78 is 12.3. The van der Waals surface area contributed by atoms with Crippen molar-refractivity contribution >= 4 is 17.7 Å². The highest BCUT2D eigenvalue weighted by molar-refractivity contribution is 5.83. The maximum atomic E-state index is 13.2. The molecule has 0 fully saturated rings. The van der Waals surface area contributed by atoms with Crippen LogP contribution < -0.4 is 20.5 Å². The summed E-state index contributed by atoms with van der Waals surface area (Å²) in [5.74, 6) is 0.637. The summed E-state index contributed by atoms with van der Waals surface area (Å²) in [7, 11) is 1.47. The van der Waals surface area contributed by atoms with Gasteiger partial charge in [0.05, 0.1) is 18.4 Å². The summed E-state index contributed by atoms with van der Waals surface area (Å²) in [6.07, 6.45) is 3.30. The predicted octanol–water partition coefficient (Wildman–Crippen LogP) is 4.52. The van der Waals surface area contributed by atoms with Crippen molar-refractivity contribution in [2.75, 3.05) is 30.4 Å². The standard InChI is InChI=1S/C30H37N7O5/c1-8-36(9-2)30-31-15-22(24-18(5)35-42-19(24)6)26(34-30)33-23(29(39)40)14-20-10-12-21(13-11-20)25-27(41-7)32-16-37(17(3)4)28(25)38/h10-13,15-17,23H,8-9,14H2,1-7H3,(H,39,40)(H,31,33,34)/t23-/m0/s1. The molecule has 12 nitrogen and oxygen atoms in total. The molecule has 2 N–H and O–H groups in total. The second-order valence-electron chi connectivity index (χ2n) is 10.2. The molecule has 1 aromatic carbocycles. The van der Waals surface area contributed by atoms with E-state index >= 15 is 0 Å². The van der Waals surface area contributed by atoms with Crippen LogP contribution in [0, 0.1) is 13.8 Å². The zero-order chi connectivity index (χ0) is 30.6. The lowest BCUT2D eigenvalue weighted by atomic mass is 10.0. The van der Waals surface area contributed by atoms with E-state index in [1.54, 1.807) is 42.0 Å². The second kappa shape index (κ2) is 12.8. The van der Waals surface area contributed by atoms with Gasteiger partial charge in [0.1, 0.15) is 29.5 Å². The Balaban J connectivity index is 1.68. The van der Waals surface area contributed by atoms with Crippen molar-refractivity contribution in [2.24, 2.45) is 0 Å². The molecular weight excluding hydrogens is 538 g/mol. The number of benzene rings is 1. The molecule has 0 aliphatic heterocycles. The third kappa shape index (κ3) is 6.12. The lowest BCUT2D eigenvalue weighted by molar-refractivity contribution is -0.137. The van der Waals surface area contributed by atoms with Crippen molar-refractivity contribution in [2.45, 2.75) is 60.0 Å². The van der Waals surface area contributed by atoms with Crippen LogP contribution in [-0.4, -0.2) is 62.0 Å². The highest BCUT2D eigenvalue weighted by atomic mass is 16.5. The molecule has 0 radical (unpaired) electrons. The topological polar surface area (TPSA) is 148 Å². The molecule has 42 heavy (non-hydrogen) atoms. The van der Waals surface area contributed by atoms with E-state index in [2.05, 4.69) is 20.4 Å². The van der Waals surface area contributed by atoms with Crippen LogP contribution in [0.5, 0.6) is 5.88 Å². The number of hydrogen-bond acceptors (Lipinski definition) is 10. The fraction of sp³-hybridized carbons (Fsp3) is 0.400. The Bertz CT molecular complexity index is 1590. The molecule has 4 aromatic rings. The first-order chi connectivity index (χ1) is 20.1. The lowest BCUT2D eigenvalue weighted by Gasteiger charge is -2.22. The molecule has 222 valence electrons. The number of carbonyl (C=O) groups is 1. The van der Waals surface area contributed by atoms with Crippen LogP contribution in [0.3, 0.4) is 0 Å². The number of methoxy groups -OCH3 is 1. The van der Waals surface area contributed by atoms with Crippen molar-refractivity contribution in [1.29, 1.82) is 0 Å². The zero-order valence-electron chi connectivity index (χ0n) is 25.0. The van der Waals surface area contributed by atoms with Crippen molar-refractivity contribution in [3.8, 4) is 28.1 Å². The third-order valence-corrected chi connectivity index (χ3v) is 7.13. The number of nitrogens with one attached hydrogen (secondary N) is 1. The Morgan fingerprint density at radius 3 is 2.36 bits per heavy atom. The number of nitrogens with zero attached hydrogens (tertiary/aromatic N) is 6. The number of rotatable bonds is 12. The van der Waals surface area contributed by atoms with Gasteiger partial charge in [-0.3, -0.25) is 9.36 Å². The van der Waals surface area contributed by atoms with Crippen molar-refractivity contribution in [3.63, 3.8) is 0 Å². The van der Waals surface area contributed by atoms with Gasteiger partial charge in [-0.05, 0) is 52.7 Å². The SMILES string of the molecule is CCN(CC)c1ncc(-c2c(C)noc2C)c(N[C@@H](Cc2ccc(-c3c(OC)ncn(C(C)C)c3=O)cc2)C(=O)O)n1. The van der Waals surface area contributed by atoms with E-state index in [0.29, 0.717) is 53.0 Å². The number of hydrogen-bond donors (Lipinski definition) is 2. The van der Waals surface area contributed by atoms with Gasteiger partial charge in [-0.25, -0.2) is 14.8 Å². The first-order valence-electron chi connectivity index (χ1n) is 13.9. The van der Waals surface area contributed by atoms with E-state index in [-0.39, 0.29) is 23.9 Å². The molecule has 3 aromatic heterocycles. The molecule has 0 bridgehead atoms. The molecule has 0 saturated heterocycles. The first-order valence-corrected chi connectivity index (χ1v) is 13.9. The monoisotopic (exact) mass is 575 g/mol. The van der Waals surface area contributed by atoms with Gasteiger partial charge in [-0.1, -0.05) is 29.4 Å². The maximum Gasteiger partial charge on any atom is 0.326 e. The summed E-state index contributed by atoms with van der Waals surface area (Å²) in [5.41, 5.74) is 3.49. The molecule has 0 aliphatic rings. The van der Waals surface area contributed by atoms with Gasteiger partial charge in [0.15, 0.2) is 0 Å². The number of carboxylic acids is 1. The van der Waals surface area contributed by atoms with E-state index in [4.69, 9.17) is 14.2 Å². The van der Waals surface area contributed by atoms with Crippen LogP contribution >= 0.6 is 0 Å². The summed E-state index contributed by atoms with van der Waals surface area (Å²) in [6, 6.07) is 6.07. The molecule has 3 heterocycles. The highest BCUT2D eigenvalue weighted by Gasteiger charge is 2.25. The quantitative estimate of drug-likeness (QED) is 0.246. The first kappa shape index (κ1) is 30.2. The molecule has 0 aliphatic carbocycles. The molecule has 0 unspecified atom stereocenters. The van der Waals surface area contributed by atoms with Gasteiger partial charge in [0, 0.05) is 37.3 Å². The maximum absolute atomic E-state index is 13.2. The van der Waals surface area contributed by atoms with Crippen LogP contribution in [0.1, 0.15) is 50.8 Å². The van der Waals surface area contributed by atoms with E-state index in [1.807, 2.05) is 39.5 Å². The van der Waals surface area contributed by atoms with Gasteiger partial charge in [-0.2, -0.15) is 4.98 Å². The van der Waals surface area contributed by atoms with Gasteiger partial charge < -0.3 is 24.6 Å². The van der Waals surface area contributed by atoms with Crippen molar-refractivity contribution in [1.82, 2.24) is 24.7 Å². The number of aryl methyl sites for hydroxylation is 2. The van der Waals surface area contributed by atoms with Crippen LogP contribution in [0.25, 0.3) is 22.3 Å². The molecule has 12 heteroatoms. The largest absolute Gasteiger partial charge is 0.480 e. The van der Waals surface area contributed by atoms with E-state index < -0.39 is 12.0 Å². The lowest BCUT2D eigenvalue weighted by Crippen LogP contribution is -2.33. The normalized spacial score (nSPS) is 11.9. The van der Waals surface area contributed by atoms with Crippen LogP contribution in [0.4, 0.5) is 11.8 Å². The fourth-order valence-electron chi connectivity index (χ4n) is 4.82. The van der Waals surface area contributed by atoms with E-state index in [0.717, 1.165) is 11.1 Å². The Morgan fingerprint density at radius 1 is 1.12 bits per heavy atom. The minimum Gasteiger partial charge on any atom is -0.480 e. The smallest absolute Gasteiger partial charge is 0.326 e. The van der Waals surface area contributed by atoms with Gasteiger partial charge in [0.2, 0.25) is 11.8 Å². The minimum absolute atomic E-state index is 0.0735. The summed E-state index contributed by atoms with van der Waals surface area (Å²) in [6.45, 7) is 12.8. The van der Waals surface area contributed by atoms with E-state index in [1.165, 1.54) is 13.4 Å². The zero-order valence-corrected chi connectivity index (χ0v) is 25.0. The van der Waals surface area contributed by atoms with Crippen molar-refractivity contribution < 1.29 is 19.2 Å². The number of aliphatic carboxylic acids is 1. The Morgan fingerprint density at radius 2 is 1.81 bits per heavy atom. The number of ether oxygens (including phenoxy) is 1. The third-order valence-electron chi connectivity index (χ3n) is 7.13. The molecule has 1 atom stereocenters. The van der Waals surface area contributed by atoms with Crippen LogP contribution in [-0.2, 0) is 11.2 Å².